The van der Waals surface area contributed by atoms with Gasteiger partial charge in [0.15, 0.2) is 0 Å². The predicted molar refractivity (Wildman–Crippen MR) is 68.2 cm³/mol. The topological polar surface area (TPSA) is 87.5 Å². The highest BCUT2D eigenvalue weighted by Gasteiger charge is 2.38. The Morgan fingerprint density at radius 3 is 2.68 bits per heavy atom. The lowest BCUT2D eigenvalue weighted by molar-refractivity contribution is -0.149. The largest absolute Gasteiger partial charge is 0.465 e. The van der Waals surface area contributed by atoms with Gasteiger partial charge in [0.2, 0.25) is 0 Å². The van der Waals surface area contributed by atoms with Crippen molar-refractivity contribution in [3.8, 4) is 0 Å². The number of hydrogen-bond acceptors (Lipinski definition) is 3. The van der Waals surface area contributed by atoms with Crippen LogP contribution >= 0.6 is 0 Å². The molecule has 22 heavy (non-hydrogen) atoms. The number of halogens is 3. The summed E-state index contributed by atoms with van der Waals surface area (Å²) in [7, 11) is 0. The number of nitrogens with one attached hydrogen (secondary N) is 1. The van der Waals surface area contributed by atoms with Gasteiger partial charge in [0.25, 0.3) is 5.91 Å². The van der Waals surface area contributed by atoms with Gasteiger partial charge in [-0.1, -0.05) is 0 Å². The maximum Gasteiger partial charge on any atom is 0.408 e. The molecule has 2 heterocycles. The van der Waals surface area contributed by atoms with E-state index in [1.165, 1.54) is 4.68 Å². The number of carbonyl (C=O) groups excluding carboxylic acids is 1. The molecule has 1 aromatic rings. The van der Waals surface area contributed by atoms with E-state index in [0.29, 0.717) is 0 Å². The Labute approximate surface area is 123 Å². The Morgan fingerprint density at radius 2 is 2.14 bits per heavy atom. The van der Waals surface area contributed by atoms with E-state index in [-0.39, 0.29) is 30.4 Å². The molecule has 2 amide bonds. The first-order valence-corrected chi connectivity index (χ1v) is 6.53. The highest BCUT2D eigenvalue weighted by molar-refractivity contribution is 5.95. The molecule has 0 saturated heterocycles. The van der Waals surface area contributed by atoms with Crippen molar-refractivity contribution in [2.24, 2.45) is 0 Å². The van der Waals surface area contributed by atoms with Gasteiger partial charge in [0, 0.05) is 0 Å². The number of rotatable bonds is 2. The van der Waals surface area contributed by atoms with Crippen LogP contribution in [0.2, 0.25) is 0 Å². The van der Waals surface area contributed by atoms with Crippen molar-refractivity contribution >= 4 is 12.0 Å². The summed E-state index contributed by atoms with van der Waals surface area (Å²) in [5.41, 5.74) is 0.238. The van der Waals surface area contributed by atoms with Crippen LogP contribution in [0, 0.1) is 0 Å². The molecule has 1 unspecified atom stereocenters. The quantitative estimate of drug-likeness (QED) is 0.863. The second-order valence-electron chi connectivity index (χ2n) is 5.18. The molecule has 10 heteroatoms. The minimum Gasteiger partial charge on any atom is -0.465 e. The fourth-order valence-electron chi connectivity index (χ4n) is 2.20. The molecular weight excluding hydrogens is 305 g/mol. The average molecular weight is 320 g/mol. The van der Waals surface area contributed by atoms with Crippen LogP contribution in [0.5, 0.6) is 0 Å². The first-order chi connectivity index (χ1) is 10.1. The molecule has 1 aliphatic heterocycles. The molecule has 0 fully saturated rings. The van der Waals surface area contributed by atoms with Crippen LogP contribution in [0.4, 0.5) is 18.0 Å². The SMILES string of the molecule is CC(NC(=O)c1cnn2c1CN(C(=O)O)[C@@H](C)C2)C(F)(F)F. The maximum absolute atomic E-state index is 12.5. The van der Waals surface area contributed by atoms with Gasteiger partial charge in [-0.25, -0.2) is 4.79 Å². The summed E-state index contributed by atoms with van der Waals surface area (Å²) in [5, 5.41) is 14.9. The van der Waals surface area contributed by atoms with Crippen molar-refractivity contribution in [2.75, 3.05) is 0 Å². The first-order valence-electron chi connectivity index (χ1n) is 6.53. The molecule has 122 valence electrons. The summed E-state index contributed by atoms with van der Waals surface area (Å²) < 4.78 is 38.9. The molecule has 7 nitrogen and oxygen atoms in total. The van der Waals surface area contributed by atoms with E-state index in [0.717, 1.165) is 18.0 Å². The van der Waals surface area contributed by atoms with Gasteiger partial charge in [-0.05, 0) is 13.8 Å². The third-order valence-electron chi connectivity index (χ3n) is 3.57. The number of aromatic nitrogens is 2. The molecule has 1 aromatic heterocycles. The Bertz CT molecular complexity index is 599. The molecule has 0 aromatic carbocycles. The Kier molecular flexibility index (Phi) is 4.03. The van der Waals surface area contributed by atoms with Gasteiger partial charge in [-0.3, -0.25) is 14.4 Å². The van der Waals surface area contributed by atoms with Crippen LogP contribution in [0.15, 0.2) is 6.20 Å². The summed E-state index contributed by atoms with van der Waals surface area (Å²) >= 11 is 0. The van der Waals surface area contributed by atoms with Gasteiger partial charge >= 0.3 is 12.3 Å². The van der Waals surface area contributed by atoms with Crippen LogP contribution < -0.4 is 5.32 Å². The molecule has 2 N–H and O–H groups in total. The third-order valence-corrected chi connectivity index (χ3v) is 3.57. The monoisotopic (exact) mass is 320 g/mol. The molecular formula is C12H15F3N4O3. The second-order valence-corrected chi connectivity index (χ2v) is 5.18. The summed E-state index contributed by atoms with van der Waals surface area (Å²) in [4.78, 5) is 24.2. The van der Waals surface area contributed by atoms with Crippen LogP contribution in [0.3, 0.4) is 0 Å². The van der Waals surface area contributed by atoms with Crippen LogP contribution in [-0.4, -0.2) is 50.0 Å². The van der Waals surface area contributed by atoms with E-state index in [1.807, 2.05) is 5.32 Å². The number of amides is 2. The van der Waals surface area contributed by atoms with E-state index >= 15 is 0 Å². The highest BCUT2D eigenvalue weighted by atomic mass is 19.4. The molecule has 1 aliphatic rings. The van der Waals surface area contributed by atoms with E-state index in [4.69, 9.17) is 5.11 Å². The summed E-state index contributed by atoms with van der Waals surface area (Å²) in [6.07, 6.45) is -4.55. The fourth-order valence-corrected chi connectivity index (χ4v) is 2.20. The molecule has 0 spiro atoms. The van der Waals surface area contributed by atoms with Gasteiger partial charge in [0.05, 0.1) is 36.6 Å². The van der Waals surface area contributed by atoms with Crippen molar-refractivity contribution in [1.29, 1.82) is 0 Å². The number of hydrogen-bond donors (Lipinski definition) is 2. The Balaban J connectivity index is 2.22. The van der Waals surface area contributed by atoms with E-state index < -0.39 is 24.2 Å². The minimum atomic E-state index is -4.55. The lowest BCUT2D eigenvalue weighted by Crippen LogP contribution is -2.46. The number of alkyl halides is 3. The maximum atomic E-state index is 12.5. The zero-order chi connectivity index (χ0) is 16.7. The Hall–Kier alpha value is -2.26. The molecule has 0 bridgehead atoms. The predicted octanol–water partition coefficient (Wildman–Crippen LogP) is 1.45. The third kappa shape index (κ3) is 3.00. The standard InChI is InChI=1S/C12H15F3N4O3/c1-6-4-19-9(5-18(6)11(21)22)8(3-16-19)10(20)17-7(2)12(13,14)15/h3,6-7H,4-5H2,1-2H3,(H,17,20)(H,21,22)/t6-,7?/m0/s1. The van der Waals surface area contributed by atoms with Gasteiger partial charge in [0.1, 0.15) is 6.04 Å². The molecule has 0 radical (unpaired) electrons. The number of carbonyl (C=O) groups is 2. The molecule has 0 saturated carbocycles. The second kappa shape index (κ2) is 5.50. The van der Waals surface area contributed by atoms with Crippen LogP contribution in [-0.2, 0) is 13.1 Å². The normalized spacial score (nSPS) is 19.5. The van der Waals surface area contributed by atoms with E-state index in [9.17, 15) is 22.8 Å². The highest BCUT2D eigenvalue weighted by Crippen LogP contribution is 2.23. The van der Waals surface area contributed by atoms with Crippen molar-refractivity contribution in [1.82, 2.24) is 20.0 Å². The lowest BCUT2D eigenvalue weighted by Gasteiger charge is -2.32. The van der Waals surface area contributed by atoms with E-state index in [2.05, 4.69) is 5.10 Å². The van der Waals surface area contributed by atoms with E-state index in [1.54, 1.807) is 6.92 Å². The lowest BCUT2D eigenvalue weighted by atomic mass is 10.1. The van der Waals surface area contributed by atoms with Crippen molar-refractivity contribution in [2.45, 2.75) is 45.2 Å². The van der Waals surface area contributed by atoms with Crippen molar-refractivity contribution in [3.05, 3.63) is 17.5 Å². The zero-order valence-electron chi connectivity index (χ0n) is 11.9. The number of nitrogens with zero attached hydrogens (tertiary/aromatic N) is 3. The zero-order valence-corrected chi connectivity index (χ0v) is 11.9. The van der Waals surface area contributed by atoms with Gasteiger partial charge in [-0.2, -0.15) is 18.3 Å². The van der Waals surface area contributed by atoms with Crippen LogP contribution in [0.1, 0.15) is 29.9 Å². The summed E-state index contributed by atoms with van der Waals surface area (Å²) in [6.45, 7) is 2.66. The van der Waals surface area contributed by atoms with Gasteiger partial charge in [-0.15, -0.1) is 0 Å². The minimum absolute atomic E-state index is 0.0470. The summed E-state index contributed by atoms with van der Waals surface area (Å²) in [6, 6.07) is -2.34. The fraction of sp³-hybridized carbons (Fsp3) is 0.583. The smallest absolute Gasteiger partial charge is 0.408 e. The molecule has 2 rings (SSSR count). The molecule has 2 atom stereocenters. The van der Waals surface area contributed by atoms with Gasteiger partial charge < -0.3 is 10.4 Å². The van der Waals surface area contributed by atoms with Crippen molar-refractivity contribution < 1.29 is 27.9 Å². The number of fused-ring (bicyclic) bond motifs is 1. The summed E-state index contributed by atoms with van der Waals surface area (Å²) in [5.74, 6) is -0.925. The average Bonchev–Trinajstić information content (AvgIpc) is 2.78. The molecule has 0 aliphatic carbocycles. The van der Waals surface area contributed by atoms with Crippen molar-refractivity contribution in [3.63, 3.8) is 0 Å². The Morgan fingerprint density at radius 1 is 1.50 bits per heavy atom. The van der Waals surface area contributed by atoms with Crippen LogP contribution in [0.25, 0.3) is 0 Å². The first kappa shape index (κ1) is 16.1. The number of carboxylic acid groups (broad SMARTS) is 1.